The summed E-state index contributed by atoms with van der Waals surface area (Å²) < 4.78 is 13.6. The number of benzene rings is 1. The summed E-state index contributed by atoms with van der Waals surface area (Å²) in [4.78, 5) is 5.51. The predicted molar refractivity (Wildman–Crippen MR) is 69.2 cm³/mol. The number of thiazole rings is 1. The monoisotopic (exact) mass is 263 g/mol. The second kappa shape index (κ2) is 4.78. The lowest BCUT2D eigenvalue weighted by molar-refractivity contribution is 0.160. The van der Waals surface area contributed by atoms with E-state index < -0.39 is 0 Å². The quantitative estimate of drug-likeness (QED) is 0.902. The Kier molecular flexibility index (Phi) is 3.14. The van der Waals surface area contributed by atoms with Crippen LogP contribution in [0.1, 0.15) is 40.1 Å². The smallest absolute Gasteiger partial charge is 0.126 e. The highest BCUT2D eigenvalue weighted by molar-refractivity contribution is 7.11. The molecule has 0 spiro atoms. The van der Waals surface area contributed by atoms with Crippen molar-refractivity contribution in [1.29, 1.82) is 0 Å². The molecule has 1 unspecified atom stereocenters. The zero-order chi connectivity index (χ0) is 12.5. The molecule has 1 aliphatic carbocycles. The van der Waals surface area contributed by atoms with E-state index in [0.29, 0.717) is 12.0 Å². The molecule has 1 heterocycles. The van der Waals surface area contributed by atoms with Gasteiger partial charge in [0.25, 0.3) is 0 Å². The Morgan fingerprint density at radius 2 is 2.22 bits per heavy atom. The van der Waals surface area contributed by atoms with Gasteiger partial charge < -0.3 is 5.11 Å². The van der Waals surface area contributed by atoms with E-state index in [4.69, 9.17) is 0 Å². The topological polar surface area (TPSA) is 33.1 Å². The second-order valence-corrected chi connectivity index (χ2v) is 5.71. The van der Waals surface area contributed by atoms with Crippen LogP contribution in [0.5, 0.6) is 0 Å². The number of aliphatic hydroxyl groups is 1. The molecule has 2 nitrogen and oxygen atoms in total. The van der Waals surface area contributed by atoms with Gasteiger partial charge >= 0.3 is 0 Å². The lowest BCUT2D eigenvalue weighted by Gasteiger charge is -2.14. The van der Waals surface area contributed by atoms with Crippen LogP contribution in [0.4, 0.5) is 4.39 Å². The van der Waals surface area contributed by atoms with E-state index in [1.807, 2.05) is 6.07 Å². The van der Waals surface area contributed by atoms with Crippen LogP contribution >= 0.6 is 11.3 Å². The third-order valence-corrected chi connectivity index (χ3v) is 4.46. The van der Waals surface area contributed by atoms with Crippen LogP contribution in [0, 0.1) is 5.82 Å². The molecule has 0 saturated carbocycles. The van der Waals surface area contributed by atoms with Gasteiger partial charge in [-0.2, -0.15) is 0 Å². The van der Waals surface area contributed by atoms with Crippen LogP contribution in [-0.2, 0) is 12.8 Å². The molecule has 94 valence electrons. The molecule has 0 amide bonds. The van der Waals surface area contributed by atoms with Gasteiger partial charge in [0.2, 0.25) is 0 Å². The Labute approximate surface area is 109 Å². The summed E-state index contributed by atoms with van der Waals surface area (Å²) in [6.07, 6.45) is 2.86. The SMILES string of the molecule is OC1CCCc2nc(Cc3ccccc3F)sc21. The molecule has 1 aliphatic rings. The average Bonchev–Trinajstić information content (AvgIpc) is 2.76. The van der Waals surface area contributed by atoms with Crippen molar-refractivity contribution < 1.29 is 9.50 Å². The Morgan fingerprint density at radius 1 is 1.39 bits per heavy atom. The maximum Gasteiger partial charge on any atom is 0.126 e. The molecule has 0 fully saturated rings. The number of fused-ring (bicyclic) bond motifs is 1. The minimum Gasteiger partial charge on any atom is -0.388 e. The van der Waals surface area contributed by atoms with Crippen LogP contribution in [0.2, 0.25) is 0 Å². The number of aryl methyl sites for hydroxylation is 1. The van der Waals surface area contributed by atoms with Crippen LogP contribution in [0.3, 0.4) is 0 Å². The lowest BCUT2D eigenvalue weighted by Crippen LogP contribution is -2.06. The molecular formula is C14H14FNOS. The minimum atomic E-state index is -0.374. The molecule has 1 atom stereocenters. The summed E-state index contributed by atoms with van der Waals surface area (Å²) in [5.41, 5.74) is 1.67. The fraction of sp³-hybridized carbons (Fsp3) is 0.357. The Balaban J connectivity index is 1.88. The number of aromatic nitrogens is 1. The van der Waals surface area contributed by atoms with Crippen LogP contribution in [-0.4, -0.2) is 10.1 Å². The van der Waals surface area contributed by atoms with E-state index in [1.165, 1.54) is 17.4 Å². The molecule has 0 radical (unpaired) electrons. The number of hydrogen-bond donors (Lipinski definition) is 1. The molecule has 0 aliphatic heterocycles. The van der Waals surface area contributed by atoms with E-state index in [-0.39, 0.29) is 11.9 Å². The summed E-state index contributed by atoms with van der Waals surface area (Å²) >= 11 is 1.52. The zero-order valence-electron chi connectivity index (χ0n) is 9.90. The number of halogens is 1. The van der Waals surface area contributed by atoms with Crippen molar-refractivity contribution in [1.82, 2.24) is 4.98 Å². The van der Waals surface area contributed by atoms with Gasteiger partial charge in [-0.15, -0.1) is 11.3 Å². The molecule has 3 rings (SSSR count). The molecule has 1 aromatic heterocycles. The minimum absolute atomic E-state index is 0.189. The van der Waals surface area contributed by atoms with Gasteiger partial charge in [0.05, 0.1) is 21.7 Å². The molecule has 2 aromatic rings. The van der Waals surface area contributed by atoms with Crippen molar-refractivity contribution in [3.63, 3.8) is 0 Å². The number of aliphatic hydroxyl groups excluding tert-OH is 1. The summed E-state index contributed by atoms with van der Waals surface area (Å²) in [7, 11) is 0. The summed E-state index contributed by atoms with van der Waals surface area (Å²) in [6.45, 7) is 0. The standard InChI is InChI=1S/C14H14FNOS/c15-10-5-2-1-4-9(10)8-13-16-11-6-3-7-12(17)14(11)18-13/h1-2,4-5,12,17H,3,6-8H2. The first-order valence-electron chi connectivity index (χ1n) is 6.14. The van der Waals surface area contributed by atoms with Crippen molar-refractivity contribution in [3.05, 3.63) is 51.2 Å². The molecule has 4 heteroatoms. The fourth-order valence-corrected chi connectivity index (χ4v) is 3.48. The van der Waals surface area contributed by atoms with E-state index in [1.54, 1.807) is 12.1 Å². The first-order valence-corrected chi connectivity index (χ1v) is 6.95. The predicted octanol–water partition coefficient (Wildman–Crippen LogP) is 3.24. The summed E-state index contributed by atoms with van der Waals surface area (Å²) in [6, 6.07) is 6.78. The van der Waals surface area contributed by atoms with Crippen molar-refractivity contribution in [2.24, 2.45) is 0 Å². The second-order valence-electron chi connectivity index (χ2n) is 4.59. The first-order chi connectivity index (χ1) is 8.74. The number of nitrogens with zero attached hydrogens (tertiary/aromatic N) is 1. The Bertz CT molecular complexity index is 567. The van der Waals surface area contributed by atoms with E-state index >= 15 is 0 Å². The zero-order valence-corrected chi connectivity index (χ0v) is 10.7. The highest BCUT2D eigenvalue weighted by Gasteiger charge is 2.22. The molecular weight excluding hydrogens is 249 g/mol. The number of rotatable bonds is 2. The van der Waals surface area contributed by atoms with Crippen molar-refractivity contribution in [2.45, 2.75) is 31.8 Å². The van der Waals surface area contributed by atoms with Crippen molar-refractivity contribution in [3.8, 4) is 0 Å². The van der Waals surface area contributed by atoms with Crippen LogP contribution in [0.15, 0.2) is 24.3 Å². The van der Waals surface area contributed by atoms with Gasteiger partial charge in [-0.1, -0.05) is 18.2 Å². The molecule has 1 N–H and O–H groups in total. The van der Waals surface area contributed by atoms with Gasteiger partial charge in [-0.3, -0.25) is 0 Å². The normalized spacial score (nSPS) is 18.7. The highest BCUT2D eigenvalue weighted by atomic mass is 32.1. The largest absolute Gasteiger partial charge is 0.388 e. The van der Waals surface area contributed by atoms with Crippen LogP contribution < -0.4 is 0 Å². The molecule has 1 aromatic carbocycles. The van der Waals surface area contributed by atoms with Gasteiger partial charge in [-0.25, -0.2) is 9.37 Å². The number of hydrogen-bond acceptors (Lipinski definition) is 3. The van der Waals surface area contributed by atoms with Gasteiger partial charge in [-0.05, 0) is 30.9 Å². The van der Waals surface area contributed by atoms with E-state index in [9.17, 15) is 9.50 Å². The molecule has 18 heavy (non-hydrogen) atoms. The van der Waals surface area contributed by atoms with E-state index in [0.717, 1.165) is 34.8 Å². The van der Waals surface area contributed by atoms with Gasteiger partial charge in [0, 0.05) is 6.42 Å². The molecule has 0 saturated heterocycles. The highest BCUT2D eigenvalue weighted by Crippen LogP contribution is 2.34. The maximum absolute atomic E-state index is 13.6. The van der Waals surface area contributed by atoms with Crippen LogP contribution in [0.25, 0.3) is 0 Å². The maximum atomic E-state index is 13.6. The van der Waals surface area contributed by atoms with Crippen molar-refractivity contribution in [2.75, 3.05) is 0 Å². The fourth-order valence-electron chi connectivity index (χ4n) is 2.33. The average molecular weight is 263 g/mol. The van der Waals surface area contributed by atoms with Gasteiger partial charge in [0.15, 0.2) is 0 Å². The van der Waals surface area contributed by atoms with Gasteiger partial charge in [0.1, 0.15) is 5.82 Å². The van der Waals surface area contributed by atoms with Crippen molar-refractivity contribution >= 4 is 11.3 Å². The third-order valence-electron chi connectivity index (χ3n) is 3.27. The third kappa shape index (κ3) is 2.18. The molecule has 0 bridgehead atoms. The van der Waals surface area contributed by atoms with E-state index in [2.05, 4.69) is 4.98 Å². The Morgan fingerprint density at radius 3 is 3.00 bits per heavy atom. The summed E-state index contributed by atoms with van der Waals surface area (Å²) in [5.74, 6) is -0.189. The summed E-state index contributed by atoms with van der Waals surface area (Å²) in [5, 5.41) is 10.8. The first kappa shape index (κ1) is 11.8. The lowest BCUT2D eigenvalue weighted by atomic mass is 10.0. The Hall–Kier alpha value is -1.26.